The van der Waals surface area contributed by atoms with Gasteiger partial charge in [-0.05, 0) is 72.9 Å². The predicted octanol–water partition coefficient (Wildman–Crippen LogP) is 3.68. The highest BCUT2D eigenvalue weighted by molar-refractivity contribution is 5.56. The Morgan fingerprint density at radius 3 is 2.50 bits per heavy atom. The zero-order valence-corrected chi connectivity index (χ0v) is 13.1. The Morgan fingerprint density at radius 2 is 1.68 bits per heavy atom. The summed E-state index contributed by atoms with van der Waals surface area (Å²) in [7, 11) is 1.70. The van der Waals surface area contributed by atoms with E-state index in [2.05, 4.69) is 17.4 Å². The fourth-order valence-electron chi connectivity index (χ4n) is 3.79. The van der Waals surface area contributed by atoms with Gasteiger partial charge >= 0.3 is 0 Å². The van der Waals surface area contributed by atoms with Crippen molar-refractivity contribution in [2.45, 2.75) is 45.1 Å². The zero-order valence-electron chi connectivity index (χ0n) is 13.1. The largest absolute Gasteiger partial charge is 0.497 e. The van der Waals surface area contributed by atoms with Gasteiger partial charge in [0.1, 0.15) is 11.6 Å². The average molecular weight is 294 g/mol. The predicted molar refractivity (Wildman–Crippen MR) is 88.6 cm³/mol. The molecule has 0 saturated heterocycles. The minimum absolute atomic E-state index is 0.822. The molecule has 1 heterocycles. The van der Waals surface area contributed by atoms with Crippen LogP contribution in [0, 0.1) is 0 Å². The first-order valence-electron chi connectivity index (χ1n) is 8.25. The molecule has 0 spiro atoms. The molecule has 1 aromatic carbocycles. The fraction of sp³-hybridized carbons (Fsp3) is 0.421. The summed E-state index contributed by atoms with van der Waals surface area (Å²) in [6.45, 7) is 0.822. The first-order valence-corrected chi connectivity index (χ1v) is 8.25. The number of nitrogens with zero attached hydrogens (tertiary/aromatic N) is 1. The first-order chi connectivity index (χ1) is 10.8. The molecule has 22 heavy (non-hydrogen) atoms. The SMILES string of the molecule is COc1ccc(CNc2nc3c(c4c2CCC4)CCC3)cc1. The van der Waals surface area contributed by atoms with Gasteiger partial charge in [-0.15, -0.1) is 0 Å². The summed E-state index contributed by atoms with van der Waals surface area (Å²) < 4.78 is 5.21. The van der Waals surface area contributed by atoms with Gasteiger partial charge < -0.3 is 10.1 Å². The summed E-state index contributed by atoms with van der Waals surface area (Å²) in [5.74, 6) is 2.03. The molecule has 0 amide bonds. The van der Waals surface area contributed by atoms with E-state index in [-0.39, 0.29) is 0 Å². The lowest BCUT2D eigenvalue weighted by molar-refractivity contribution is 0.414. The van der Waals surface area contributed by atoms with Crippen molar-refractivity contribution in [2.24, 2.45) is 0 Å². The van der Waals surface area contributed by atoms with Crippen LogP contribution in [0.25, 0.3) is 0 Å². The second kappa shape index (κ2) is 5.64. The molecule has 3 nitrogen and oxygen atoms in total. The molecule has 114 valence electrons. The van der Waals surface area contributed by atoms with Gasteiger partial charge in [-0.1, -0.05) is 12.1 Å². The summed E-state index contributed by atoms with van der Waals surface area (Å²) in [5.41, 5.74) is 7.27. The molecule has 1 aromatic heterocycles. The lowest BCUT2D eigenvalue weighted by Gasteiger charge is -2.14. The molecule has 2 aliphatic carbocycles. The molecule has 1 N–H and O–H groups in total. The van der Waals surface area contributed by atoms with Gasteiger partial charge in [-0.2, -0.15) is 0 Å². The fourth-order valence-corrected chi connectivity index (χ4v) is 3.79. The number of ether oxygens (including phenoxy) is 1. The second-order valence-electron chi connectivity index (χ2n) is 6.25. The highest BCUT2D eigenvalue weighted by Crippen LogP contribution is 2.36. The van der Waals surface area contributed by atoms with E-state index in [4.69, 9.17) is 9.72 Å². The van der Waals surface area contributed by atoms with E-state index in [1.165, 1.54) is 48.9 Å². The van der Waals surface area contributed by atoms with E-state index in [1.807, 2.05) is 12.1 Å². The van der Waals surface area contributed by atoms with Crippen molar-refractivity contribution in [2.75, 3.05) is 12.4 Å². The van der Waals surface area contributed by atoms with E-state index in [9.17, 15) is 0 Å². The van der Waals surface area contributed by atoms with Crippen molar-refractivity contribution >= 4 is 5.82 Å². The molecule has 3 heteroatoms. The van der Waals surface area contributed by atoms with Gasteiger partial charge in [0.05, 0.1) is 7.11 Å². The van der Waals surface area contributed by atoms with E-state index in [0.717, 1.165) is 24.5 Å². The third-order valence-corrected chi connectivity index (χ3v) is 4.92. The molecular formula is C19H22N2O. The molecule has 0 saturated carbocycles. The van der Waals surface area contributed by atoms with Crippen molar-refractivity contribution < 1.29 is 4.74 Å². The van der Waals surface area contributed by atoms with Crippen LogP contribution in [0.5, 0.6) is 5.75 Å². The van der Waals surface area contributed by atoms with Crippen LogP contribution in [0.1, 0.15) is 40.8 Å². The molecular weight excluding hydrogens is 272 g/mol. The minimum Gasteiger partial charge on any atom is -0.497 e. The second-order valence-corrected chi connectivity index (χ2v) is 6.25. The number of pyridine rings is 1. The standard InChI is InChI=1S/C19H22N2O/c1-22-14-10-8-13(9-11-14)12-20-19-17-6-2-4-15(17)16-5-3-7-18(16)21-19/h8-11H,2-7,12H2,1H3,(H,20,21). The van der Waals surface area contributed by atoms with Crippen LogP contribution in [0.4, 0.5) is 5.82 Å². The molecule has 2 aliphatic rings. The van der Waals surface area contributed by atoms with Crippen LogP contribution in [-0.4, -0.2) is 12.1 Å². The van der Waals surface area contributed by atoms with E-state index in [1.54, 1.807) is 18.2 Å². The Morgan fingerprint density at radius 1 is 0.955 bits per heavy atom. The van der Waals surface area contributed by atoms with Crippen molar-refractivity contribution in [1.82, 2.24) is 4.98 Å². The van der Waals surface area contributed by atoms with Crippen LogP contribution in [-0.2, 0) is 32.2 Å². The number of benzene rings is 1. The third kappa shape index (κ3) is 2.35. The van der Waals surface area contributed by atoms with Gasteiger partial charge in [0.2, 0.25) is 0 Å². The Labute approximate surface area is 131 Å². The molecule has 0 radical (unpaired) electrons. The number of methoxy groups -OCH3 is 1. The summed E-state index contributed by atoms with van der Waals surface area (Å²) in [6, 6.07) is 8.24. The maximum Gasteiger partial charge on any atom is 0.130 e. The lowest BCUT2D eigenvalue weighted by Crippen LogP contribution is -2.07. The molecule has 4 rings (SSSR count). The van der Waals surface area contributed by atoms with Crippen LogP contribution in [0.2, 0.25) is 0 Å². The van der Waals surface area contributed by atoms with Gasteiger partial charge in [-0.25, -0.2) is 4.98 Å². The Bertz CT molecular complexity index is 692. The first kappa shape index (κ1) is 13.6. The Balaban J connectivity index is 1.57. The number of aromatic nitrogens is 1. The lowest BCUT2D eigenvalue weighted by atomic mass is 10.0. The molecule has 0 aliphatic heterocycles. The van der Waals surface area contributed by atoms with Crippen molar-refractivity contribution in [1.29, 1.82) is 0 Å². The minimum atomic E-state index is 0.822. The van der Waals surface area contributed by atoms with E-state index >= 15 is 0 Å². The smallest absolute Gasteiger partial charge is 0.130 e. The van der Waals surface area contributed by atoms with E-state index in [0.29, 0.717) is 0 Å². The number of hydrogen-bond donors (Lipinski definition) is 1. The Hall–Kier alpha value is -2.03. The highest BCUT2D eigenvalue weighted by atomic mass is 16.5. The molecule has 0 unspecified atom stereocenters. The molecule has 0 fully saturated rings. The number of rotatable bonds is 4. The number of nitrogens with one attached hydrogen (secondary N) is 1. The number of fused-ring (bicyclic) bond motifs is 3. The third-order valence-electron chi connectivity index (χ3n) is 4.92. The van der Waals surface area contributed by atoms with Crippen LogP contribution < -0.4 is 10.1 Å². The number of aryl methyl sites for hydroxylation is 1. The van der Waals surface area contributed by atoms with Crippen molar-refractivity contribution in [3.05, 3.63) is 52.2 Å². The van der Waals surface area contributed by atoms with Gasteiger partial charge in [0.25, 0.3) is 0 Å². The van der Waals surface area contributed by atoms with Crippen LogP contribution in [0.15, 0.2) is 24.3 Å². The van der Waals surface area contributed by atoms with E-state index < -0.39 is 0 Å². The summed E-state index contributed by atoms with van der Waals surface area (Å²) in [4.78, 5) is 4.94. The maximum absolute atomic E-state index is 5.21. The Kier molecular flexibility index (Phi) is 3.49. The monoisotopic (exact) mass is 294 g/mol. The summed E-state index contributed by atoms with van der Waals surface area (Å²) >= 11 is 0. The van der Waals surface area contributed by atoms with Crippen LogP contribution in [0.3, 0.4) is 0 Å². The summed E-state index contributed by atoms with van der Waals surface area (Å²) in [5, 5.41) is 3.58. The normalized spacial score (nSPS) is 15.5. The summed E-state index contributed by atoms with van der Waals surface area (Å²) in [6.07, 6.45) is 7.38. The van der Waals surface area contributed by atoms with Crippen molar-refractivity contribution in [3.63, 3.8) is 0 Å². The average Bonchev–Trinajstić information content (AvgIpc) is 3.21. The molecule has 2 aromatic rings. The zero-order chi connectivity index (χ0) is 14.9. The van der Waals surface area contributed by atoms with Crippen molar-refractivity contribution in [3.8, 4) is 5.75 Å². The highest BCUT2D eigenvalue weighted by Gasteiger charge is 2.25. The van der Waals surface area contributed by atoms with Gasteiger partial charge in [0, 0.05) is 12.2 Å². The van der Waals surface area contributed by atoms with Gasteiger partial charge in [0.15, 0.2) is 0 Å². The topological polar surface area (TPSA) is 34.1 Å². The number of hydrogen-bond acceptors (Lipinski definition) is 3. The van der Waals surface area contributed by atoms with Gasteiger partial charge in [-0.3, -0.25) is 0 Å². The molecule has 0 atom stereocenters. The quantitative estimate of drug-likeness (QED) is 0.934. The number of anilines is 1. The maximum atomic E-state index is 5.21. The molecule has 0 bridgehead atoms. The van der Waals surface area contributed by atoms with Crippen LogP contribution >= 0.6 is 0 Å².